The molecule has 7 aliphatic rings. The zero-order valence-electron chi connectivity index (χ0n) is 29.1. The van der Waals surface area contributed by atoms with Crippen LogP contribution in [0.2, 0.25) is 0 Å². The number of halogens is 3. The fraction of sp³-hybridized carbons (Fsp3) is 0.944. The maximum atomic E-state index is 12.9. The fourth-order valence-corrected chi connectivity index (χ4v) is 12.9. The first kappa shape index (κ1) is 33.7. The molecule has 0 radical (unpaired) electrons. The average Bonchev–Trinajstić information content (AvgIpc) is 3.55. The van der Waals surface area contributed by atoms with Gasteiger partial charge in [0, 0.05) is 25.6 Å². The number of hydrogen-bond acceptors (Lipinski definition) is 6. The fourth-order valence-electron chi connectivity index (χ4n) is 12.9. The molecule has 2 spiro atoms. The van der Waals surface area contributed by atoms with Crippen LogP contribution in [0.25, 0.3) is 0 Å². The summed E-state index contributed by atoms with van der Waals surface area (Å²) in [5.74, 6) is 2.56. The van der Waals surface area contributed by atoms with E-state index in [0.29, 0.717) is 34.5 Å². The van der Waals surface area contributed by atoms with Crippen molar-refractivity contribution in [3.8, 4) is 0 Å². The molecule has 11 unspecified atom stereocenters. The summed E-state index contributed by atoms with van der Waals surface area (Å²) in [6.07, 6.45) is 5.87. The largest absolute Gasteiger partial charge is 0.446 e. The molecule has 7 fully saturated rings. The van der Waals surface area contributed by atoms with Crippen molar-refractivity contribution in [2.75, 3.05) is 26.7 Å². The van der Waals surface area contributed by atoms with Crippen molar-refractivity contribution in [1.29, 1.82) is 0 Å². The van der Waals surface area contributed by atoms with Gasteiger partial charge in [0.15, 0.2) is 0 Å². The Balaban J connectivity index is 0.995. The smallest absolute Gasteiger partial charge is 0.407 e. The third-order valence-corrected chi connectivity index (χ3v) is 15.0. The van der Waals surface area contributed by atoms with Gasteiger partial charge in [0.05, 0.1) is 24.8 Å². The molecule has 7 rings (SSSR count). The molecule has 0 bridgehead atoms. The number of amides is 2. The highest BCUT2D eigenvalue weighted by Crippen LogP contribution is 2.87. The van der Waals surface area contributed by atoms with Gasteiger partial charge in [-0.1, -0.05) is 34.6 Å². The minimum absolute atomic E-state index is 0.0642. The molecule has 11 heteroatoms. The summed E-state index contributed by atoms with van der Waals surface area (Å²) < 4.78 is 56.8. The number of rotatable bonds is 6. The van der Waals surface area contributed by atoms with Gasteiger partial charge < -0.3 is 24.8 Å². The summed E-state index contributed by atoms with van der Waals surface area (Å²) >= 11 is 0. The summed E-state index contributed by atoms with van der Waals surface area (Å²) in [5, 5.41) is 5.43. The number of ether oxygens (including phenoxy) is 3. The molecule has 47 heavy (non-hydrogen) atoms. The molecule has 0 aromatic carbocycles. The monoisotopic (exact) mass is 667 g/mol. The van der Waals surface area contributed by atoms with Crippen molar-refractivity contribution in [3.63, 3.8) is 0 Å². The number of carbonyl (C=O) groups excluding carboxylic acids is 2. The van der Waals surface area contributed by atoms with E-state index < -0.39 is 24.9 Å². The van der Waals surface area contributed by atoms with Gasteiger partial charge in [0.2, 0.25) is 0 Å². The van der Waals surface area contributed by atoms with E-state index in [9.17, 15) is 22.8 Å². The number of alkyl halides is 3. The van der Waals surface area contributed by atoms with E-state index in [1.165, 1.54) is 30.6 Å². The second-order valence-electron chi connectivity index (χ2n) is 17.7. The van der Waals surface area contributed by atoms with Crippen LogP contribution in [-0.4, -0.2) is 80.4 Å². The average molecular weight is 668 g/mol. The second-order valence-corrected chi connectivity index (χ2v) is 17.7. The Kier molecular flexibility index (Phi) is 8.17. The minimum Gasteiger partial charge on any atom is -0.446 e. The zero-order valence-corrected chi connectivity index (χ0v) is 29.1. The van der Waals surface area contributed by atoms with Crippen molar-refractivity contribution in [2.45, 2.75) is 135 Å². The van der Waals surface area contributed by atoms with E-state index in [1.807, 2.05) is 0 Å². The number of carbonyl (C=O) groups is 2. The maximum absolute atomic E-state index is 12.9. The Labute approximate surface area is 277 Å². The number of nitrogens with zero attached hydrogens (tertiary/aromatic N) is 1. The molecule has 2 saturated heterocycles. The molecule has 11 atom stereocenters. The van der Waals surface area contributed by atoms with Gasteiger partial charge in [0.25, 0.3) is 0 Å². The van der Waals surface area contributed by atoms with Gasteiger partial charge in [0.1, 0.15) is 12.2 Å². The highest BCUT2D eigenvalue weighted by Gasteiger charge is 2.81. The lowest BCUT2D eigenvalue weighted by Crippen LogP contribution is -2.61. The van der Waals surface area contributed by atoms with E-state index in [-0.39, 0.29) is 60.3 Å². The Morgan fingerprint density at radius 1 is 0.936 bits per heavy atom. The quantitative estimate of drug-likeness (QED) is 0.320. The molecule has 5 aliphatic carbocycles. The predicted molar refractivity (Wildman–Crippen MR) is 169 cm³/mol. The number of alkyl carbamates (subject to hydrolysis) is 2. The van der Waals surface area contributed by atoms with Gasteiger partial charge in [-0.25, -0.2) is 9.59 Å². The van der Waals surface area contributed by atoms with Crippen LogP contribution in [0, 0.1) is 51.2 Å². The van der Waals surface area contributed by atoms with Crippen LogP contribution in [0.3, 0.4) is 0 Å². The molecule has 8 nitrogen and oxygen atoms in total. The van der Waals surface area contributed by atoms with Gasteiger partial charge in [-0.05, 0) is 110 Å². The summed E-state index contributed by atoms with van der Waals surface area (Å²) in [5.41, 5.74) is 0.796. The van der Waals surface area contributed by atoms with E-state index in [2.05, 4.69) is 45.3 Å². The zero-order chi connectivity index (χ0) is 33.7. The lowest BCUT2D eigenvalue weighted by Gasteiger charge is -2.59. The van der Waals surface area contributed by atoms with Crippen LogP contribution < -0.4 is 10.6 Å². The van der Waals surface area contributed by atoms with Crippen LogP contribution in [0.4, 0.5) is 22.8 Å². The Bertz CT molecular complexity index is 1240. The van der Waals surface area contributed by atoms with E-state index in [4.69, 9.17) is 14.2 Å². The topological polar surface area (TPSA) is 89.1 Å². The first-order chi connectivity index (χ1) is 22.0. The predicted octanol–water partition coefficient (Wildman–Crippen LogP) is 6.91. The normalized spacial score (nSPS) is 44.4. The first-order valence-electron chi connectivity index (χ1n) is 18.3. The maximum Gasteiger partial charge on any atom is 0.407 e. The van der Waals surface area contributed by atoms with Crippen LogP contribution >= 0.6 is 0 Å². The molecule has 5 saturated carbocycles. The summed E-state index contributed by atoms with van der Waals surface area (Å²) in [4.78, 5) is 26.4. The standard InChI is InChI=1S/C36H56F3N3O5/c1-20(2)29(47-30(43)40-6)25-9-7-23-26(45-25)15-24-22-8-10-27-32(3,4)28(11-12-35(27)18-34(22,35)14-13-33(23,24)5)46-31(44)41-21-16-42(17-21)19-36(37,38)39/h20-29H,7-19H2,1-6H3,(H,40,43)(H,41,44). The van der Waals surface area contributed by atoms with Gasteiger partial charge in [-0.15, -0.1) is 0 Å². The molecule has 2 amide bonds. The van der Waals surface area contributed by atoms with Gasteiger partial charge >= 0.3 is 18.4 Å². The lowest BCUT2D eigenvalue weighted by molar-refractivity contribution is -0.156. The number of hydrogen-bond donors (Lipinski definition) is 2. The van der Waals surface area contributed by atoms with Gasteiger partial charge in [-0.2, -0.15) is 13.2 Å². The minimum atomic E-state index is -4.22. The van der Waals surface area contributed by atoms with E-state index in [1.54, 1.807) is 7.05 Å². The SMILES string of the molecule is CNC(=O)OC(C(C)C)C1CCC2C(CC3C4CCC5C(C)(C)C(OC(=O)NC6CN(CC(F)(F)F)C6)CCC56CC46CCC23C)O1. The van der Waals surface area contributed by atoms with Crippen LogP contribution in [0.5, 0.6) is 0 Å². The van der Waals surface area contributed by atoms with Gasteiger partial charge in [-0.3, -0.25) is 4.90 Å². The van der Waals surface area contributed by atoms with E-state index in [0.717, 1.165) is 38.5 Å². The van der Waals surface area contributed by atoms with Crippen molar-refractivity contribution in [3.05, 3.63) is 0 Å². The molecular weight excluding hydrogens is 611 g/mol. The molecule has 2 heterocycles. The van der Waals surface area contributed by atoms with Crippen LogP contribution in [0.15, 0.2) is 0 Å². The molecule has 2 N–H and O–H groups in total. The molecule has 266 valence electrons. The Morgan fingerprint density at radius 3 is 2.34 bits per heavy atom. The Hall–Kier alpha value is -1.75. The van der Waals surface area contributed by atoms with Crippen molar-refractivity contribution < 1.29 is 37.0 Å². The second kappa shape index (κ2) is 11.4. The third kappa shape index (κ3) is 5.37. The van der Waals surface area contributed by atoms with Crippen molar-refractivity contribution in [1.82, 2.24) is 15.5 Å². The molecule has 0 aromatic heterocycles. The van der Waals surface area contributed by atoms with Crippen LogP contribution in [0.1, 0.15) is 98.8 Å². The van der Waals surface area contributed by atoms with E-state index >= 15 is 0 Å². The summed E-state index contributed by atoms with van der Waals surface area (Å²) in [6.45, 7) is 10.8. The van der Waals surface area contributed by atoms with Crippen LogP contribution in [-0.2, 0) is 14.2 Å². The van der Waals surface area contributed by atoms with Crippen molar-refractivity contribution in [2.24, 2.45) is 51.2 Å². The molecular formula is C36H56F3N3O5. The molecule has 2 aliphatic heterocycles. The highest BCUT2D eigenvalue weighted by atomic mass is 19.4. The lowest BCUT2D eigenvalue weighted by atomic mass is 9.46. The first-order valence-corrected chi connectivity index (χ1v) is 18.3. The summed E-state index contributed by atoms with van der Waals surface area (Å²) in [6, 6.07) is -0.296. The third-order valence-electron chi connectivity index (χ3n) is 15.0. The number of likely N-dealkylation sites (tertiary alicyclic amines) is 1. The number of fused-ring (bicyclic) bond motifs is 4. The number of nitrogens with one attached hydrogen (secondary N) is 2. The van der Waals surface area contributed by atoms with Crippen molar-refractivity contribution >= 4 is 12.2 Å². The molecule has 0 aromatic rings. The Morgan fingerprint density at radius 2 is 1.66 bits per heavy atom. The highest BCUT2D eigenvalue weighted by molar-refractivity contribution is 5.68. The summed E-state index contributed by atoms with van der Waals surface area (Å²) in [7, 11) is 1.60.